The molecule has 3 aromatic carbocycles. The van der Waals surface area contributed by atoms with Gasteiger partial charge in [0.2, 0.25) is 0 Å². The zero-order valence-corrected chi connectivity index (χ0v) is 19.8. The molecule has 0 amide bonds. The van der Waals surface area contributed by atoms with Crippen molar-refractivity contribution in [2.24, 2.45) is 17.3 Å². The van der Waals surface area contributed by atoms with E-state index in [1.807, 2.05) is 0 Å². The predicted octanol–water partition coefficient (Wildman–Crippen LogP) is 3.73. The van der Waals surface area contributed by atoms with E-state index in [4.69, 9.17) is 0 Å². The van der Waals surface area contributed by atoms with E-state index in [0.29, 0.717) is 15.8 Å². The van der Waals surface area contributed by atoms with Gasteiger partial charge in [-0.1, -0.05) is 0 Å². The first-order chi connectivity index (χ1) is 14.2. The van der Waals surface area contributed by atoms with Gasteiger partial charge in [0.25, 0.3) is 0 Å². The van der Waals surface area contributed by atoms with Gasteiger partial charge in [-0.15, -0.1) is 0 Å². The second-order valence-electron chi connectivity index (χ2n) is 8.94. The normalized spacial score (nSPS) is 28.0. The average Bonchev–Trinajstić information content (AvgIpc) is 3.38. The van der Waals surface area contributed by atoms with Crippen molar-refractivity contribution in [2.45, 2.75) is 17.3 Å². The average molecular weight is 487 g/mol. The Bertz CT molecular complexity index is 902. The van der Waals surface area contributed by atoms with E-state index in [-0.39, 0.29) is 12.0 Å². The summed E-state index contributed by atoms with van der Waals surface area (Å²) >= 11 is -3.49. The number of allylic oxidation sites excluding steroid dienone is 2. The Labute approximate surface area is 178 Å². The first kappa shape index (κ1) is 19.1. The van der Waals surface area contributed by atoms with Crippen LogP contribution in [0.2, 0.25) is 3.93 Å². The van der Waals surface area contributed by atoms with Crippen LogP contribution < -0.4 is 10.7 Å². The van der Waals surface area contributed by atoms with E-state index < -0.39 is 18.4 Å². The molecule has 5 rings (SSSR count). The van der Waals surface area contributed by atoms with Gasteiger partial charge in [-0.05, 0) is 0 Å². The van der Waals surface area contributed by atoms with Crippen LogP contribution in [0.3, 0.4) is 0 Å². The molecule has 146 valence electrons. The molecule has 4 atom stereocenters. The third kappa shape index (κ3) is 2.78. The van der Waals surface area contributed by atoms with Gasteiger partial charge in [0.1, 0.15) is 0 Å². The number of aliphatic hydroxyl groups excluding tert-OH is 1. The summed E-state index contributed by atoms with van der Waals surface area (Å²) in [5.41, 5.74) is -0.0724. The Balaban J connectivity index is 1.88. The van der Waals surface area contributed by atoms with Crippen LogP contribution in [-0.4, -0.2) is 30.1 Å². The standard InChI is InChI=1S/C9H13O.3C6H5.Sn/c1-9(6-10)5-7-2-3-8(9)4-7;3*1-2-4-6-5-3-1;/h2-3,5,7-8,10H,4,6H2,1H3;3*1-5H;/t7-,8+,9-;;;;/m0..../s1. The van der Waals surface area contributed by atoms with Crippen molar-refractivity contribution in [1.82, 2.24) is 0 Å². The molecule has 0 radical (unpaired) electrons. The van der Waals surface area contributed by atoms with Crippen molar-refractivity contribution in [3.63, 3.8) is 0 Å². The number of rotatable bonds is 5. The summed E-state index contributed by atoms with van der Waals surface area (Å²) in [7, 11) is 0. The summed E-state index contributed by atoms with van der Waals surface area (Å²) in [4.78, 5) is 0. The van der Waals surface area contributed by atoms with Gasteiger partial charge in [-0.2, -0.15) is 0 Å². The van der Waals surface area contributed by atoms with Crippen molar-refractivity contribution in [1.29, 1.82) is 0 Å². The zero-order chi connectivity index (χ0) is 19.9. The fourth-order valence-corrected chi connectivity index (χ4v) is 24.7. The van der Waals surface area contributed by atoms with Crippen LogP contribution in [0, 0.1) is 17.3 Å². The second-order valence-corrected chi connectivity index (χ2v) is 20.3. The summed E-state index contributed by atoms with van der Waals surface area (Å²) in [6, 6.07) is 33.8. The number of fused-ring (bicyclic) bond motifs is 2. The molecule has 1 N–H and O–H groups in total. The van der Waals surface area contributed by atoms with Crippen LogP contribution in [0.4, 0.5) is 0 Å². The van der Waals surface area contributed by atoms with E-state index in [2.05, 4.69) is 110 Å². The van der Waals surface area contributed by atoms with Crippen LogP contribution >= 0.6 is 0 Å². The van der Waals surface area contributed by atoms with Gasteiger partial charge in [-0.25, -0.2) is 0 Å². The molecule has 1 fully saturated rings. The third-order valence-corrected chi connectivity index (χ3v) is 24.0. The number of benzene rings is 3. The Morgan fingerprint density at radius 3 is 1.62 bits per heavy atom. The zero-order valence-electron chi connectivity index (χ0n) is 16.9. The molecule has 2 aliphatic carbocycles. The molecule has 0 unspecified atom stereocenters. The Morgan fingerprint density at radius 1 is 0.759 bits per heavy atom. The van der Waals surface area contributed by atoms with E-state index in [1.165, 1.54) is 17.2 Å². The number of aliphatic hydroxyl groups is 1. The van der Waals surface area contributed by atoms with Gasteiger partial charge in [0.15, 0.2) is 0 Å². The Kier molecular flexibility index (Phi) is 4.91. The minimum absolute atomic E-state index is 0.0724. The molecule has 1 nitrogen and oxygen atoms in total. The summed E-state index contributed by atoms with van der Waals surface area (Å²) in [6.45, 7) is 2.61. The fourth-order valence-electron chi connectivity index (χ4n) is 6.36. The molecule has 0 spiro atoms. The molecule has 2 aliphatic rings. The van der Waals surface area contributed by atoms with Crippen LogP contribution in [0.15, 0.2) is 103 Å². The van der Waals surface area contributed by atoms with Crippen LogP contribution in [0.5, 0.6) is 0 Å². The molecule has 2 bridgehead atoms. The SMILES string of the molecule is C[C@]1(CO)[C@@H]2C=C[C@@H](C2)[C@H]1[Sn]([c]1ccccc1)([c]1ccccc1)[c]1ccccc1. The molecule has 2 heteroatoms. The quantitative estimate of drug-likeness (QED) is 0.430. The monoisotopic (exact) mass is 488 g/mol. The van der Waals surface area contributed by atoms with E-state index in [9.17, 15) is 5.11 Å². The van der Waals surface area contributed by atoms with Crippen molar-refractivity contribution in [3.8, 4) is 0 Å². The van der Waals surface area contributed by atoms with Gasteiger partial charge in [0, 0.05) is 0 Å². The maximum atomic E-state index is 10.7. The fraction of sp³-hybridized carbons (Fsp3) is 0.259. The second kappa shape index (κ2) is 7.45. The molecule has 1 saturated carbocycles. The number of hydrogen-bond acceptors (Lipinski definition) is 1. The molecule has 29 heavy (non-hydrogen) atoms. The molecule has 0 aromatic heterocycles. The first-order valence-electron chi connectivity index (χ1n) is 10.7. The Hall–Kier alpha value is -1.84. The van der Waals surface area contributed by atoms with E-state index >= 15 is 0 Å². The van der Waals surface area contributed by atoms with Crippen LogP contribution in [0.1, 0.15) is 13.3 Å². The molecule has 0 heterocycles. The van der Waals surface area contributed by atoms with E-state index in [0.717, 1.165) is 0 Å². The molecule has 0 aliphatic heterocycles. The molecule has 3 aromatic rings. The van der Waals surface area contributed by atoms with E-state index in [1.54, 1.807) is 0 Å². The minimum atomic E-state index is -3.49. The molecular weight excluding hydrogens is 459 g/mol. The third-order valence-electron chi connectivity index (χ3n) is 7.60. The maximum absolute atomic E-state index is 10.7. The van der Waals surface area contributed by atoms with Crippen molar-refractivity contribution in [2.75, 3.05) is 6.61 Å². The first-order valence-corrected chi connectivity index (χ1v) is 16.6. The summed E-state index contributed by atoms with van der Waals surface area (Å²) in [6.07, 6.45) is 6.04. The predicted molar refractivity (Wildman–Crippen MR) is 124 cm³/mol. The van der Waals surface area contributed by atoms with Gasteiger partial charge < -0.3 is 0 Å². The van der Waals surface area contributed by atoms with Crippen molar-refractivity contribution in [3.05, 3.63) is 103 Å². The molecule has 0 saturated heterocycles. The summed E-state index contributed by atoms with van der Waals surface area (Å²) in [5.74, 6) is 1.03. The van der Waals surface area contributed by atoms with Crippen molar-refractivity contribution >= 4 is 29.1 Å². The van der Waals surface area contributed by atoms with Crippen molar-refractivity contribution < 1.29 is 5.11 Å². The summed E-state index contributed by atoms with van der Waals surface area (Å²) in [5, 5.41) is 10.7. The Morgan fingerprint density at radius 2 is 1.21 bits per heavy atom. The number of hydrogen-bond donors (Lipinski definition) is 1. The van der Waals surface area contributed by atoms with Crippen LogP contribution in [0.25, 0.3) is 0 Å². The topological polar surface area (TPSA) is 20.2 Å². The molecular formula is C27H28OSn. The summed E-state index contributed by atoms with van der Waals surface area (Å²) < 4.78 is 5.04. The van der Waals surface area contributed by atoms with Gasteiger partial charge >= 0.3 is 179 Å². The van der Waals surface area contributed by atoms with Gasteiger partial charge in [0.05, 0.1) is 0 Å². The van der Waals surface area contributed by atoms with Crippen LogP contribution in [-0.2, 0) is 0 Å². The van der Waals surface area contributed by atoms with Gasteiger partial charge in [-0.3, -0.25) is 0 Å².